The normalized spacial score (nSPS) is 31.3. The van der Waals surface area contributed by atoms with E-state index < -0.39 is 0 Å². The molecule has 0 aromatic rings. The Bertz CT molecular complexity index is 236. The maximum Gasteiger partial charge on any atom is 0.0110 e. The van der Waals surface area contributed by atoms with E-state index in [1.807, 2.05) is 0 Å². The highest BCUT2D eigenvalue weighted by Gasteiger charge is 2.26. The molecular formula is C14H30N4. The number of piperazine rings is 1. The molecule has 2 aliphatic rings. The number of nitrogens with one attached hydrogen (secondary N) is 1. The van der Waals surface area contributed by atoms with Crippen LogP contribution in [0.25, 0.3) is 0 Å². The molecular weight excluding hydrogens is 224 g/mol. The van der Waals surface area contributed by atoms with Crippen molar-refractivity contribution in [1.29, 1.82) is 0 Å². The maximum atomic E-state index is 3.56. The molecule has 2 heterocycles. The van der Waals surface area contributed by atoms with Crippen molar-refractivity contribution in [2.45, 2.75) is 19.4 Å². The van der Waals surface area contributed by atoms with Crippen molar-refractivity contribution < 1.29 is 0 Å². The predicted molar refractivity (Wildman–Crippen MR) is 77.0 cm³/mol. The van der Waals surface area contributed by atoms with Crippen LogP contribution in [0.15, 0.2) is 0 Å². The van der Waals surface area contributed by atoms with Crippen molar-refractivity contribution in [2.24, 2.45) is 5.92 Å². The second-order valence-corrected chi connectivity index (χ2v) is 6.24. The van der Waals surface area contributed by atoms with Crippen LogP contribution in [0.4, 0.5) is 0 Å². The number of hydrogen-bond donors (Lipinski definition) is 1. The van der Waals surface area contributed by atoms with Crippen molar-refractivity contribution in [2.75, 3.05) is 66.5 Å². The lowest BCUT2D eigenvalue weighted by Crippen LogP contribution is -2.49. The van der Waals surface area contributed by atoms with Gasteiger partial charge in [0.25, 0.3) is 0 Å². The van der Waals surface area contributed by atoms with Gasteiger partial charge < -0.3 is 15.1 Å². The first-order valence-electron chi connectivity index (χ1n) is 7.48. The second-order valence-electron chi connectivity index (χ2n) is 6.24. The lowest BCUT2D eigenvalue weighted by Gasteiger charge is -2.36. The van der Waals surface area contributed by atoms with Crippen LogP contribution in [0, 0.1) is 5.92 Å². The van der Waals surface area contributed by atoms with Crippen LogP contribution in [0.5, 0.6) is 0 Å². The summed E-state index contributed by atoms with van der Waals surface area (Å²) in [5, 5.41) is 3.56. The SMILES string of the molecule is CC1NCCC1CN1CCN(CCN(C)C)CC1. The van der Waals surface area contributed by atoms with E-state index in [1.54, 1.807) is 0 Å². The Morgan fingerprint density at radius 3 is 2.33 bits per heavy atom. The first-order valence-corrected chi connectivity index (χ1v) is 7.48. The van der Waals surface area contributed by atoms with Crippen LogP contribution in [0.1, 0.15) is 13.3 Å². The zero-order valence-corrected chi connectivity index (χ0v) is 12.4. The van der Waals surface area contributed by atoms with Gasteiger partial charge in [-0.05, 0) is 39.9 Å². The van der Waals surface area contributed by atoms with Gasteiger partial charge in [-0.3, -0.25) is 4.90 Å². The van der Waals surface area contributed by atoms with Crippen LogP contribution in [0.3, 0.4) is 0 Å². The Morgan fingerprint density at radius 2 is 1.78 bits per heavy atom. The van der Waals surface area contributed by atoms with Gasteiger partial charge in [-0.15, -0.1) is 0 Å². The third kappa shape index (κ3) is 4.19. The lowest BCUT2D eigenvalue weighted by atomic mass is 10.0. The molecule has 2 aliphatic heterocycles. The topological polar surface area (TPSA) is 21.8 Å². The Morgan fingerprint density at radius 1 is 1.11 bits per heavy atom. The molecule has 0 aromatic carbocycles. The van der Waals surface area contributed by atoms with Crippen LogP contribution < -0.4 is 5.32 Å². The van der Waals surface area contributed by atoms with Gasteiger partial charge in [0.15, 0.2) is 0 Å². The summed E-state index contributed by atoms with van der Waals surface area (Å²) in [7, 11) is 4.31. The fraction of sp³-hybridized carbons (Fsp3) is 1.00. The van der Waals surface area contributed by atoms with Gasteiger partial charge >= 0.3 is 0 Å². The Balaban J connectivity index is 1.64. The molecule has 0 aromatic heterocycles. The van der Waals surface area contributed by atoms with Crippen LogP contribution in [-0.2, 0) is 0 Å². The van der Waals surface area contributed by atoms with Crippen molar-refractivity contribution >= 4 is 0 Å². The quantitative estimate of drug-likeness (QED) is 0.755. The Labute approximate surface area is 112 Å². The first-order chi connectivity index (χ1) is 8.65. The molecule has 106 valence electrons. The summed E-state index contributed by atoms with van der Waals surface area (Å²) >= 11 is 0. The molecule has 2 atom stereocenters. The summed E-state index contributed by atoms with van der Waals surface area (Å²) in [4.78, 5) is 7.55. The van der Waals surface area contributed by atoms with Gasteiger partial charge in [-0.1, -0.05) is 0 Å². The van der Waals surface area contributed by atoms with E-state index >= 15 is 0 Å². The number of hydrogen-bond acceptors (Lipinski definition) is 4. The molecule has 0 spiro atoms. The average Bonchev–Trinajstić information content (AvgIpc) is 2.74. The largest absolute Gasteiger partial charge is 0.314 e. The highest BCUT2D eigenvalue weighted by Crippen LogP contribution is 2.17. The number of rotatable bonds is 5. The van der Waals surface area contributed by atoms with E-state index in [2.05, 4.69) is 41.0 Å². The van der Waals surface area contributed by atoms with Crippen molar-refractivity contribution in [3.05, 3.63) is 0 Å². The van der Waals surface area contributed by atoms with E-state index in [-0.39, 0.29) is 0 Å². The molecule has 2 unspecified atom stereocenters. The summed E-state index contributed by atoms with van der Waals surface area (Å²) in [6, 6.07) is 0.719. The molecule has 0 aliphatic carbocycles. The van der Waals surface area contributed by atoms with E-state index in [0.717, 1.165) is 12.0 Å². The van der Waals surface area contributed by atoms with Gasteiger partial charge in [0.2, 0.25) is 0 Å². The van der Waals surface area contributed by atoms with Gasteiger partial charge in [0.05, 0.1) is 0 Å². The molecule has 2 rings (SSSR count). The third-order valence-electron chi connectivity index (χ3n) is 4.51. The molecule has 2 saturated heterocycles. The van der Waals surface area contributed by atoms with E-state index in [9.17, 15) is 0 Å². The van der Waals surface area contributed by atoms with E-state index in [0.29, 0.717) is 0 Å². The molecule has 1 N–H and O–H groups in total. The summed E-state index contributed by atoms with van der Waals surface area (Å²) in [5.74, 6) is 0.873. The minimum absolute atomic E-state index is 0.719. The highest BCUT2D eigenvalue weighted by atomic mass is 15.3. The van der Waals surface area contributed by atoms with Crippen LogP contribution in [0.2, 0.25) is 0 Å². The molecule has 4 heteroatoms. The fourth-order valence-corrected chi connectivity index (χ4v) is 3.03. The number of likely N-dealkylation sites (N-methyl/N-ethyl adjacent to an activating group) is 1. The van der Waals surface area contributed by atoms with E-state index in [4.69, 9.17) is 0 Å². The molecule has 0 amide bonds. The number of nitrogens with zero attached hydrogens (tertiary/aromatic N) is 3. The molecule has 0 bridgehead atoms. The Hall–Kier alpha value is -0.160. The smallest absolute Gasteiger partial charge is 0.0110 e. The molecule has 0 saturated carbocycles. The second kappa shape index (κ2) is 6.85. The molecule has 2 fully saturated rings. The lowest BCUT2D eigenvalue weighted by molar-refractivity contribution is 0.110. The van der Waals surface area contributed by atoms with Crippen LogP contribution >= 0.6 is 0 Å². The zero-order chi connectivity index (χ0) is 13.0. The molecule has 18 heavy (non-hydrogen) atoms. The minimum atomic E-state index is 0.719. The Kier molecular flexibility index (Phi) is 5.42. The zero-order valence-electron chi connectivity index (χ0n) is 12.4. The summed E-state index contributed by atoms with van der Waals surface area (Å²) in [5.41, 5.74) is 0. The maximum absolute atomic E-state index is 3.56. The molecule has 4 nitrogen and oxygen atoms in total. The van der Waals surface area contributed by atoms with Crippen LogP contribution in [-0.4, -0.2) is 87.2 Å². The molecule has 0 radical (unpaired) electrons. The van der Waals surface area contributed by atoms with Crippen molar-refractivity contribution in [3.63, 3.8) is 0 Å². The third-order valence-corrected chi connectivity index (χ3v) is 4.51. The van der Waals surface area contributed by atoms with Crippen molar-refractivity contribution in [3.8, 4) is 0 Å². The van der Waals surface area contributed by atoms with E-state index in [1.165, 1.54) is 58.8 Å². The highest BCUT2D eigenvalue weighted by molar-refractivity contribution is 4.84. The van der Waals surface area contributed by atoms with Gasteiger partial charge in [-0.25, -0.2) is 0 Å². The minimum Gasteiger partial charge on any atom is -0.314 e. The van der Waals surface area contributed by atoms with Crippen molar-refractivity contribution in [1.82, 2.24) is 20.0 Å². The summed E-state index contributed by atoms with van der Waals surface area (Å²) in [6.07, 6.45) is 1.36. The fourth-order valence-electron chi connectivity index (χ4n) is 3.03. The average molecular weight is 254 g/mol. The standard InChI is InChI=1S/C14H30N4/c1-13-14(4-5-15-13)12-18-10-8-17(9-11-18)7-6-16(2)3/h13-15H,4-12H2,1-3H3. The van der Waals surface area contributed by atoms with Gasteiger partial charge in [0, 0.05) is 51.9 Å². The van der Waals surface area contributed by atoms with Gasteiger partial charge in [0.1, 0.15) is 0 Å². The monoisotopic (exact) mass is 254 g/mol. The summed E-state index contributed by atoms with van der Waals surface area (Å²) < 4.78 is 0. The predicted octanol–water partition coefficient (Wildman–Crippen LogP) is 0.164. The summed E-state index contributed by atoms with van der Waals surface area (Å²) in [6.45, 7) is 12.3. The van der Waals surface area contributed by atoms with Gasteiger partial charge in [-0.2, -0.15) is 0 Å². The first kappa shape index (κ1) is 14.3.